The molecule has 160 valence electrons. The lowest BCUT2D eigenvalue weighted by atomic mass is 9.98. The Morgan fingerprint density at radius 3 is 2.33 bits per heavy atom. The van der Waals surface area contributed by atoms with E-state index < -0.39 is 6.09 Å². The third-order valence-corrected chi connectivity index (χ3v) is 5.37. The van der Waals surface area contributed by atoms with Gasteiger partial charge >= 0.3 is 6.09 Å². The van der Waals surface area contributed by atoms with Crippen molar-refractivity contribution in [3.63, 3.8) is 0 Å². The van der Waals surface area contributed by atoms with Crippen LogP contribution in [0.25, 0.3) is 11.1 Å². The maximum Gasteiger partial charge on any atom is 0.407 e. The van der Waals surface area contributed by atoms with Crippen molar-refractivity contribution in [2.45, 2.75) is 24.8 Å². The van der Waals surface area contributed by atoms with Gasteiger partial charge in [0.2, 0.25) is 0 Å². The van der Waals surface area contributed by atoms with E-state index in [1.165, 1.54) is 22.3 Å². The molecule has 7 heteroatoms. The quantitative estimate of drug-likeness (QED) is 0.305. The number of guanidine groups is 1. The van der Waals surface area contributed by atoms with E-state index in [2.05, 4.69) is 45.2 Å². The Kier molecular flexibility index (Phi) is 7.68. The number of hydrogen-bond acceptors (Lipinski definition) is 4. The third kappa shape index (κ3) is 5.10. The van der Waals surface area contributed by atoms with E-state index in [0.29, 0.717) is 18.9 Å². The molecular weight excluding hydrogens is 380 g/mol. The second-order valence-electron chi connectivity index (χ2n) is 7.24. The van der Waals surface area contributed by atoms with Gasteiger partial charge in [0.1, 0.15) is 6.61 Å². The van der Waals surface area contributed by atoms with Gasteiger partial charge < -0.3 is 25.8 Å². The smallest absolute Gasteiger partial charge is 0.407 e. The molecule has 4 N–H and O–H groups in total. The second-order valence-corrected chi connectivity index (χ2v) is 7.24. The zero-order valence-corrected chi connectivity index (χ0v) is 17.5. The SMILES string of the molecule is CN=C(NC)NCCCC(CO)NC(=O)OCC1c2ccccc2-c2ccccc21. The summed E-state index contributed by atoms with van der Waals surface area (Å²) in [6.45, 7) is 0.819. The second kappa shape index (κ2) is 10.6. The van der Waals surface area contributed by atoms with Gasteiger partial charge in [-0.3, -0.25) is 4.99 Å². The minimum Gasteiger partial charge on any atom is -0.449 e. The van der Waals surface area contributed by atoms with Gasteiger partial charge in [-0.05, 0) is 35.1 Å². The van der Waals surface area contributed by atoms with Crippen LogP contribution >= 0.6 is 0 Å². The summed E-state index contributed by atoms with van der Waals surface area (Å²) in [6, 6.07) is 16.1. The molecule has 7 nitrogen and oxygen atoms in total. The fourth-order valence-electron chi connectivity index (χ4n) is 3.85. The molecule has 0 saturated heterocycles. The normalized spacial score (nSPS) is 13.9. The van der Waals surface area contributed by atoms with Crippen LogP contribution < -0.4 is 16.0 Å². The predicted octanol–water partition coefficient (Wildman–Crippen LogP) is 2.46. The number of aliphatic hydroxyl groups excluding tert-OH is 1. The molecule has 0 heterocycles. The van der Waals surface area contributed by atoms with Crippen LogP contribution in [0.3, 0.4) is 0 Å². The fraction of sp³-hybridized carbons (Fsp3) is 0.391. The topological polar surface area (TPSA) is 95.0 Å². The molecule has 1 atom stereocenters. The van der Waals surface area contributed by atoms with Crippen LogP contribution in [0.4, 0.5) is 4.79 Å². The highest BCUT2D eigenvalue weighted by Crippen LogP contribution is 2.44. The van der Waals surface area contributed by atoms with Crippen LogP contribution in [0.2, 0.25) is 0 Å². The predicted molar refractivity (Wildman–Crippen MR) is 119 cm³/mol. The van der Waals surface area contributed by atoms with Gasteiger partial charge in [-0.2, -0.15) is 0 Å². The van der Waals surface area contributed by atoms with Gasteiger partial charge in [0.05, 0.1) is 12.6 Å². The fourth-order valence-corrected chi connectivity index (χ4v) is 3.85. The van der Waals surface area contributed by atoms with E-state index in [9.17, 15) is 9.90 Å². The first-order chi connectivity index (χ1) is 14.7. The zero-order chi connectivity index (χ0) is 21.3. The number of fused-ring (bicyclic) bond motifs is 3. The van der Waals surface area contributed by atoms with Crippen molar-refractivity contribution in [2.75, 3.05) is 33.9 Å². The van der Waals surface area contributed by atoms with Crippen molar-refractivity contribution in [2.24, 2.45) is 4.99 Å². The number of carbonyl (C=O) groups excluding carboxylic acids is 1. The first-order valence-electron chi connectivity index (χ1n) is 10.3. The molecule has 1 aliphatic rings. The van der Waals surface area contributed by atoms with Crippen molar-refractivity contribution in [1.82, 2.24) is 16.0 Å². The molecule has 2 aromatic rings. The number of nitrogens with one attached hydrogen (secondary N) is 3. The van der Waals surface area contributed by atoms with E-state index in [-0.39, 0.29) is 25.2 Å². The molecule has 0 saturated carbocycles. The number of rotatable bonds is 8. The highest BCUT2D eigenvalue weighted by molar-refractivity contribution is 5.79. The van der Waals surface area contributed by atoms with E-state index >= 15 is 0 Å². The van der Waals surface area contributed by atoms with E-state index in [1.54, 1.807) is 14.1 Å². The van der Waals surface area contributed by atoms with Gasteiger partial charge in [-0.25, -0.2) is 4.79 Å². The van der Waals surface area contributed by atoms with Crippen LogP contribution in [-0.4, -0.2) is 57.1 Å². The summed E-state index contributed by atoms with van der Waals surface area (Å²) in [5.41, 5.74) is 4.74. The number of aliphatic imine (C=N–C) groups is 1. The summed E-state index contributed by atoms with van der Waals surface area (Å²) in [4.78, 5) is 16.4. The first kappa shape index (κ1) is 21.6. The molecule has 3 rings (SSSR count). The number of aliphatic hydroxyl groups is 1. The van der Waals surface area contributed by atoms with Gasteiger partial charge in [0.25, 0.3) is 0 Å². The number of nitrogens with zero attached hydrogens (tertiary/aromatic N) is 1. The first-order valence-corrected chi connectivity index (χ1v) is 10.3. The highest BCUT2D eigenvalue weighted by Gasteiger charge is 2.29. The minimum absolute atomic E-state index is 0.0215. The summed E-state index contributed by atoms with van der Waals surface area (Å²) in [5.74, 6) is 0.730. The zero-order valence-electron chi connectivity index (χ0n) is 17.5. The lowest BCUT2D eigenvalue weighted by Crippen LogP contribution is -2.40. The Hall–Kier alpha value is -3.06. The maximum atomic E-state index is 12.3. The van der Waals surface area contributed by atoms with Gasteiger partial charge in [-0.1, -0.05) is 48.5 Å². The average molecular weight is 411 g/mol. The molecule has 1 aliphatic carbocycles. The van der Waals surface area contributed by atoms with E-state index in [1.807, 2.05) is 24.3 Å². The number of carbonyl (C=O) groups is 1. The summed E-state index contributed by atoms with van der Waals surface area (Å²) in [6.07, 6.45) is 0.902. The Balaban J connectivity index is 1.50. The number of amides is 1. The van der Waals surface area contributed by atoms with Crippen LogP contribution in [-0.2, 0) is 4.74 Å². The number of benzene rings is 2. The molecule has 0 fully saturated rings. The average Bonchev–Trinajstić information content (AvgIpc) is 3.10. The molecular formula is C23H30N4O3. The van der Waals surface area contributed by atoms with Crippen molar-refractivity contribution in [1.29, 1.82) is 0 Å². The molecule has 0 aromatic heterocycles. The molecule has 30 heavy (non-hydrogen) atoms. The van der Waals surface area contributed by atoms with Crippen LogP contribution in [0.1, 0.15) is 29.9 Å². The van der Waals surface area contributed by atoms with Crippen molar-refractivity contribution >= 4 is 12.1 Å². The number of alkyl carbamates (subject to hydrolysis) is 1. The Labute approximate surface area is 177 Å². The number of ether oxygens (including phenoxy) is 1. The lowest BCUT2D eigenvalue weighted by Gasteiger charge is -2.18. The maximum absolute atomic E-state index is 12.3. The molecule has 0 radical (unpaired) electrons. The van der Waals surface area contributed by atoms with Crippen molar-refractivity contribution in [3.05, 3.63) is 59.7 Å². The van der Waals surface area contributed by atoms with Crippen molar-refractivity contribution in [3.8, 4) is 11.1 Å². The van der Waals surface area contributed by atoms with E-state index in [4.69, 9.17) is 4.74 Å². The molecule has 1 amide bonds. The summed E-state index contributed by atoms with van der Waals surface area (Å²) < 4.78 is 5.55. The van der Waals surface area contributed by atoms with Crippen LogP contribution in [0.5, 0.6) is 0 Å². The summed E-state index contributed by atoms with van der Waals surface area (Å²) in [5, 5.41) is 18.4. The van der Waals surface area contributed by atoms with Crippen molar-refractivity contribution < 1.29 is 14.6 Å². The van der Waals surface area contributed by atoms with Gasteiger partial charge in [-0.15, -0.1) is 0 Å². The highest BCUT2D eigenvalue weighted by atomic mass is 16.5. The standard InChI is InChI=1S/C23H30N4O3/c1-24-22(25-2)26-13-7-8-16(14-28)27-23(29)30-15-21-19-11-5-3-9-17(19)18-10-4-6-12-20(18)21/h3-6,9-12,16,21,28H,7-8,13-15H2,1-2H3,(H,27,29)(H2,24,25,26). The Morgan fingerprint density at radius 1 is 1.13 bits per heavy atom. The molecule has 1 unspecified atom stereocenters. The summed E-state index contributed by atoms with van der Waals surface area (Å²) >= 11 is 0. The van der Waals surface area contributed by atoms with Gasteiger partial charge in [0.15, 0.2) is 5.96 Å². The molecule has 2 aromatic carbocycles. The molecule has 0 bridgehead atoms. The molecule has 0 aliphatic heterocycles. The van der Waals surface area contributed by atoms with E-state index in [0.717, 1.165) is 6.42 Å². The Bertz CT molecular complexity index is 839. The van der Waals surface area contributed by atoms with Crippen LogP contribution in [0, 0.1) is 0 Å². The van der Waals surface area contributed by atoms with Gasteiger partial charge in [0, 0.05) is 26.6 Å². The minimum atomic E-state index is -0.505. The third-order valence-electron chi connectivity index (χ3n) is 5.37. The van der Waals surface area contributed by atoms with Crippen LogP contribution in [0.15, 0.2) is 53.5 Å². The monoisotopic (exact) mass is 410 g/mol. The Morgan fingerprint density at radius 2 is 1.77 bits per heavy atom. The summed E-state index contributed by atoms with van der Waals surface area (Å²) in [7, 11) is 3.50. The molecule has 0 spiro atoms. The largest absolute Gasteiger partial charge is 0.449 e. The number of hydrogen-bond donors (Lipinski definition) is 4. The lowest BCUT2D eigenvalue weighted by molar-refractivity contribution is 0.131.